The van der Waals surface area contributed by atoms with Gasteiger partial charge in [-0.05, 0) is 6.42 Å². The molecule has 13 heavy (non-hydrogen) atoms. The molecule has 0 amide bonds. The Morgan fingerprint density at radius 3 is 2.46 bits per heavy atom. The summed E-state index contributed by atoms with van der Waals surface area (Å²) in [6.45, 7) is 1.88. The molecule has 0 spiro atoms. The summed E-state index contributed by atoms with van der Waals surface area (Å²) in [5.41, 5.74) is 0. The van der Waals surface area contributed by atoms with E-state index >= 15 is 0 Å². The molecular formula is C9H14O4. The molecule has 0 unspecified atom stereocenters. The quantitative estimate of drug-likeness (QED) is 0.600. The first-order chi connectivity index (χ1) is 6.07. The Morgan fingerprint density at radius 1 is 1.38 bits per heavy atom. The molecule has 2 N–H and O–H groups in total. The van der Waals surface area contributed by atoms with Crippen molar-refractivity contribution in [2.45, 2.75) is 32.3 Å². The Labute approximate surface area is 76.9 Å². The van der Waals surface area contributed by atoms with E-state index in [-0.39, 0.29) is 12.8 Å². The normalized spacial score (nSPS) is 13.1. The van der Waals surface area contributed by atoms with Gasteiger partial charge in [-0.25, -0.2) is 0 Å². The Hall–Kier alpha value is -1.16. The lowest BCUT2D eigenvalue weighted by atomic mass is 10.1. The highest BCUT2D eigenvalue weighted by Gasteiger charge is 2.12. The van der Waals surface area contributed by atoms with Crippen molar-refractivity contribution in [3.8, 4) is 0 Å². The monoisotopic (exact) mass is 186 g/mol. The molecule has 74 valence electrons. The Balaban J connectivity index is 3.82. The number of carbonyl (C=O) groups is 2. The van der Waals surface area contributed by atoms with E-state index in [1.54, 1.807) is 6.08 Å². The van der Waals surface area contributed by atoms with Crippen molar-refractivity contribution in [2.24, 2.45) is 0 Å². The van der Waals surface area contributed by atoms with Gasteiger partial charge in [0.15, 0.2) is 5.78 Å². The molecule has 0 aromatic heterocycles. The van der Waals surface area contributed by atoms with Gasteiger partial charge in [0, 0.05) is 6.42 Å². The average Bonchev–Trinajstić information content (AvgIpc) is 2.10. The SMILES string of the molecule is CC/C=C/[C@@H](O)C(=O)CCC(=O)O. The standard InChI is InChI=1S/C9H14O4/c1-2-3-4-7(10)8(11)5-6-9(12)13/h3-4,7,10H,2,5-6H2,1H3,(H,12,13)/b4-3+/t7-/m1/s1. The topological polar surface area (TPSA) is 74.6 Å². The van der Waals surface area contributed by atoms with Gasteiger partial charge in [-0.15, -0.1) is 0 Å². The second kappa shape index (κ2) is 6.37. The van der Waals surface area contributed by atoms with Gasteiger partial charge in [-0.3, -0.25) is 9.59 Å². The summed E-state index contributed by atoms with van der Waals surface area (Å²) >= 11 is 0. The number of aliphatic hydroxyl groups excluding tert-OH is 1. The molecule has 0 aliphatic heterocycles. The van der Waals surface area contributed by atoms with Crippen LogP contribution in [-0.2, 0) is 9.59 Å². The van der Waals surface area contributed by atoms with Crippen LogP contribution in [0.5, 0.6) is 0 Å². The zero-order valence-electron chi connectivity index (χ0n) is 7.56. The van der Waals surface area contributed by atoms with Crippen LogP contribution in [0.3, 0.4) is 0 Å². The molecular weight excluding hydrogens is 172 g/mol. The fourth-order valence-corrected chi connectivity index (χ4v) is 0.750. The van der Waals surface area contributed by atoms with Crippen LogP contribution in [0.15, 0.2) is 12.2 Å². The van der Waals surface area contributed by atoms with Crippen LogP contribution in [0.25, 0.3) is 0 Å². The van der Waals surface area contributed by atoms with Crippen molar-refractivity contribution in [2.75, 3.05) is 0 Å². The van der Waals surface area contributed by atoms with Crippen LogP contribution in [-0.4, -0.2) is 28.1 Å². The fourth-order valence-electron chi connectivity index (χ4n) is 0.750. The van der Waals surface area contributed by atoms with E-state index in [1.807, 2.05) is 6.92 Å². The number of ketones is 1. The van der Waals surface area contributed by atoms with Crippen LogP contribution in [0, 0.1) is 0 Å². The highest BCUT2D eigenvalue weighted by molar-refractivity contribution is 5.87. The molecule has 0 rings (SSSR count). The average molecular weight is 186 g/mol. The van der Waals surface area contributed by atoms with E-state index in [2.05, 4.69) is 0 Å². The summed E-state index contributed by atoms with van der Waals surface area (Å²) < 4.78 is 0. The number of aliphatic hydroxyl groups is 1. The second-order valence-corrected chi connectivity index (χ2v) is 2.64. The minimum atomic E-state index is -1.15. The number of hydrogen-bond acceptors (Lipinski definition) is 3. The predicted octanol–water partition coefficient (Wildman–Crippen LogP) is 0.747. The molecule has 0 aromatic rings. The number of rotatable bonds is 6. The van der Waals surface area contributed by atoms with Gasteiger partial charge < -0.3 is 10.2 Å². The third-order valence-electron chi connectivity index (χ3n) is 1.47. The molecule has 1 atom stereocenters. The minimum Gasteiger partial charge on any atom is -0.481 e. The Bertz CT molecular complexity index is 208. The van der Waals surface area contributed by atoms with Crippen LogP contribution in [0.2, 0.25) is 0 Å². The van der Waals surface area contributed by atoms with Gasteiger partial charge in [0.2, 0.25) is 0 Å². The van der Waals surface area contributed by atoms with Crippen LogP contribution in [0.4, 0.5) is 0 Å². The molecule has 0 aromatic carbocycles. The van der Waals surface area contributed by atoms with Crippen LogP contribution < -0.4 is 0 Å². The van der Waals surface area contributed by atoms with Crippen molar-refractivity contribution >= 4 is 11.8 Å². The second-order valence-electron chi connectivity index (χ2n) is 2.64. The summed E-state index contributed by atoms with van der Waals surface area (Å²) in [5.74, 6) is -1.48. The van der Waals surface area contributed by atoms with Gasteiger partial charge in [0.05, 0.1) is 6.42 Å². The van der Waals surface area contributed by atoms with E-state index in [4.69, 9.17) is 10.2 Å². The van der Waals surface area contributed by atoms with Crippen molar-refractivity contribution < 1.29 is 19.8 Å². The maximum Gasteiger partial charge on any atom is 0.303 e. The Kier molecular flexibility index (Phi) is 5.80. The van der Waals surface area contributed by atoms with Crippen molar-refractivity contribution in [1.82, 2.24) is 0 Å². The van der Waals surface area contributed by atoms with Crippen LogP contribution >= 0.6 is 0 Å². The molecule has 4 heteroatoms. The molecule has 0 saturated heterocycles. The third-order valence-corrected chi connectivity index (χ3v) is 1.47. The summed E-state index contributed by atoms with van der Waals surface area (Å²) in [7, 11) is 0. The fraction of sp³-hybridized carbons (Fsp3) is 0.556. The lowest BCUT2D eigenvalue weighted by molar-refractivity contribution is -0.139. The molecule has 0 fully saturated rings. The summed E-state index contributed by atoms with van der Waals surface area (Å²) in [5, 5.41) is 17.4. The van der Waals surface area contributed by atoms with E-state index in [0.29, 0.717) is 0 Å². The molecule has 0 saturated carbocycles. The maximum atomic E-state index is 11.0. The third kappa shape index (κ3) is 6.04. The molecule has 4 nitrogen and oxygen atoms in total. The van der Waals surface area contributed by atoms with Crippen molar-refractivity contribution in [3.05, 3.63) is 12.2 Å². The van der Waals surface area contributed by atoms with Gasteiger partial charge in [-0.1, -0.05) is 19.1 Å². The van der Waals surface area contributed by atoms with Gasteiger partial charge in [0.25, 0.3) is 0 Å². The largest absolute Gasteiger partial charge is 0.481 e. The number of carbonyl (C=O) groups excluding carboxylic acids is 1. The number of allylic oxidation sites excluding steroid dienone is 1. The molecule has 0 radical (unpaired) electrons. The van der Waals surface area contributed by atoms with Crippen molar-refractivity contribution in [1.29, 1.82) is 0 Å². The first kappa shape index (κ1) is 11.8. The van der Waals surface area contributed by atoms with Gasteiger partial charge >= 0.3 is 5.97 Å². The molecule has 0 heterocycles. The zero-order valence-corrected chi connectivity index (χ0v) is 7.56. The van der Waals surface area contributed by atoms with Gasteiger partial charge in [-0.2, -0.15) is 0 Å². The molecule has 0 bridgehead atoms. The summed E-state index contributed by atoms with van der Waals surface area (Å²) in [6, 6.07) is 0. The van der Waals surface area contributed by atoms with E-state index < -0.39 is 17.9 Å². The number of aliphatic carboxylic acids is 1. The predicted molar refractivity (Wildman–Crippen MR) is 47.3 cm³/mol. The number of hydrogen-bond donors (Lipinski definition) is 2. The lowest BCUT2D eigenvalue weighted by Gasteiger charge is -2.01. The molecule has 0 aliphatic rings. The van der Waals surface area contributed by atoms with E-state index in [9.17, 15) is 9.59 Å². The van der Waals surface area contributed by atoms with E-state index in [0.717, 1.165) is 6.42 Å². The zero-order chi connectivity index (χ0) is 10.3. The van der Waals surface area contributed by atoms with Crippen molar-refractivity contribution in [3.63, 3.8) is 0 Å². The number of Topliss-reactive ketones (excluding diaryl/α,β-unsaturated/α-hetero) is 1. The van der Waals surface area contributed by atoms with Gasteiger partial charge in [0.1, 0.15) is 6.10 Å². The first-order valence-corrected chi connectivity index (χ1v) is 4.17. The van der Waals surface area contributed by atoms with E-state index in [1.165, 1.54) is 6.08 Å². The lowest BCUT2D eigenvalue weighted by Crippen LogP contribution is -2.18. The Morgan fingerprint density at radius 2 is 2.00 bits per heavy atom. The first-order valence-electron chi connectivity index (χ1n) is 4.17. The summed E-state index contributed by atoms with van der Waals surface area (Å²) in [6.07, 6.45) is 2.29. The highest BCUT2D eigenvalue weighted by atomic mass is 16.4. The summed E-state index contributed by atoms with van der Waals surface area (Å²) in [4.78, 5) is 21.1. The molecule has 0 aliphatic carbocycles. The number of carboxylic acids is 1. The maximum absolute atomic E-state index is 11.0. The smallest absolute Gasteiger partial charge is 0.303 e. The minimum absolute atomic E-state index is 0.120. The highest BCUT2D eigenvalue weighted by Crippen LogP contribution is 1.98. The number of carboxylic acid groups (broad SMARTS) is 1. The van der Waals surface area contributed by atoms with Crippen LogP contribution in [0.1, 0.15) is 26.2 Å².